The molecule has 0 aliphatic rings. The number of nitrogens with zero attached hydrogens (tertiary/aromatic N) is 2. The third kappa shape index (κ3) is 20.2. The monoisotopic (exact) mass is 1050 g/mol. The van der Waals surface area contributed by atoms with Crippen molar-refractivity contribution in [3.63, 3.8) is 0 Å². The molecular formula is C72H94N2O4. The Bertz CT molecular complexity index is 2670. The predicted octanol–water partition coefficient (Wildman–Crippen LogP) is 21.8. The van der Waals surface area contributed by atoms with Gasteiger partial charge in [0.2, 0.25) is 0 Å². The van der Waals surface area contributed by atoms with Crippen molar-refractivity contribution in [2.24, 2.45) is 0 Å². The van der Waals surface area contributed by atoms with Gasteiger partial charge >= 0.3 is 0 Å². The molecule has 6 nitrogen and oxygen atoms in total. The van der Waals surface area contributed by atoms with Gasteiger partial charge in [0.05, 0.1) is 49.7 Å². The first-order valence-corrected chi connectivity index (χ1v) is 30.9. The zero-order valence-electron chi connectivity index (χ0n) is 48.5. The van der Waals surface area contributed by atoms with Crippen LogP contribution in [0.3, 0.4) is 0 Å². The Balaban J connectivity index is 1.20. The standard InChI is InChI=1S/C72H94N2O4/c1-5-9-13-17-19-21-23-25-27-31-45-75-67-41-37-57-49-59(33-35-61(57)53-67)65(55-73)51-63-39-43-70-69(71(63)77-47-29-15-11-7-3)44-40-64(72(70)78-48-30-16-12-8-4)52-66(56-74)60-34-36-62-54-68(42-38-58(62)50-60)76-46-32-28-26-24-22-20-18-14-10-6-2/h33-44,49-54H,5-32,45-48H2,1-4H3/b65-51+,66-52+. The second kappa shape index (κ2) is 36.0. The number of benzene rings is 6. The maximum atomic E-state index is 10.7. The van der Waals surface area contributed by atoms with E-state index < -0.39 is 0 Å². The molecule has 0 aliphatic heterocycles. The average Bonchev–Trinajstić information content (AvgIpc) is 3.48. The third-order valence-electron chi connectivity index (χ3n) is 15.3. The van der Waals surface area contributed by atoms with Crippen molar-refractivity contribution >= 4 is 55.6 Å². The summed E-state index contributed by atoms with van der Waals surface area (Å²) in [6, 6.07) is 38.3. The van der Waals surface area contributed by atoms with Gasteiger partial charge in [0, 0.05) is 21.9 Å². The van der Waals surface area contributed by atoms with E-state index in [1.807, 2.05) is 36.4 Å². The van der Waals surface area contributed by atoms with Crippen molar-refractivity contribution in [2.45, 2.75) is 207 Å². The number of hydrogen-bond donors (Lipinski definition) is 0. The summed E-state index contributed by atoms with van der Waals surface area (Å²) in [6.07, 6.45) is 38.6. The Kier molecular flexibility index (Phi) is 28.2. The van der Waals surface area contributed by atoms with E-state index in [0.717, 1.165) is 155 Å². The lowest BCUT2D eigenvalue weighted by Gasteiger charge is -2.18. The molecule has 0 saturated carbocycles. The van der Waals surface area contributed by atoms with Gasteiger partial charge in [-0.2, -0.15) is 10.5 Å². The number of hydrogen-bond acceptors (Lipinski definition) is 6. The van der Waals surface area contributed by atoms with Crippen LogP contribution in [-0.2, 0) is 0 Å². The lowest BCUT2D eigenvalue weighted by Crippen LogP contribution is -2.03. The van der Waals surface area contributed by atoms with Gasteiger partial charge in [0.15, 0.2) is 0 Å². The Morgan fingerprint density at radius 3 is 0.974 bits per heavy atom. The van der Waals surface area contributed by atoms with E-state index in [0.29, 0.717) is 24.4 Å². The molecule has 6 heteroatoms. The molecule has 6 aromatic carbocycles. The minimum absolute atomic E-state index is 0.558. The van der Waals surface area contributed by atoms with E-state index >= 15 is 0 Å². The molecule has 0 spiro atoms. The Morgan fingerprint density at radius 1 is 0.333 bits per heavy atom. The Morgan fingerprint density at radius 2 is 0.628 bits per heavy atom. The van der Waals surface area contributed by atoms with Crippen molar-refractivity contribution < 1.29 is 18.9 Å². The lowest BCUT2D eigenvalue weighted by atomic mass is 9.96. The highest BCUT2D eigenvalue weighted by molar-refractivity contribution is 6.03. The summed E-state index contributed by atoms with van der Waals surface area (Å²) < 4.78 is 25.9. The SMILES string of the molecule is CCCCCCCCCCCCOc1ccc2cc(/C(C#N)=C/c3ccc4c(OCCCCCC)c(/C=C(\C#N)c5ccc6cc(OCCCCCCCCCCCC)ccc6c5)ccc4c3OCCCCCC)ccc2c1. The van der Waals surface area contributed by atoms with Crippen LogP contribution >= 0.6 is 0 Å². The van der Waals surface area contributed by atoms with Gasteiger partial charge in [0.25, 0.3) is 0 Å². The van der Waals surface area contributed by atoms with Gasteiger partial charge in [-0.25, -0.2) is 0 Å². The molecule has 6 rings (SSSR count). The van der Waals surface area contributed by atoms with Gasteiger partial charge in [0.1, 0.15) is 23.0 Å². The fraction of sp³-hybridized carbons (Fsp3) is 0.500. The zero-order valence-corrected chi connectivity index (χ0v) is 48.5. The summed E-state index contributed by atoms with van der Waals surface area (Å²) in [5.41, 5.74) is 4.49. The molecule has 78 heavy (non-hydrogen) atoms. The summed E-state index contributed by atoms with van der Waals surface area (Å²) in [5, 5.41) is 27.6. The van der Waals surface area contributed by atoms with Crippen LogP contribution in [0.15, 0.2) is 97.1 Å². The lowest BCUT2D eigenvalue weighted by molar-refractivity contribution is 0.304. The van der Waals surface area contributed by atoms with Crippen LogP contribution in [0.1, 0.15) is 230 Å². The molecule has 0 aromatic heterocycles. The molecule has 0 fully saturated rings. The van der Waals surface area contributed by atoms with Crippen molar-refractivity contribution in [2.75, 3.05) is 26.4 Å². The zero-order chi connectivity index (χ0) is 54.8. The van der Waals surface area contributed by atoms with Crippen LogP contribution < -0.4 is 18.9 Å². The largest absolute Gasteiger partial charge is 0.494 e. The number of rotatable bonds is 40. The number of nitriles is 2. The molecule has 0 heterocycles. The maximum absolute atomic E-state index is 10.7. The molecule has 0 aliphatic carbocycles. The molecule has 0 radical (unpaired) electrons. The maximum Gasteiger partial charge on any atom is 0.134 e. The average molecular weight is 1050 g/mol. The molecule has 0 atom stereocenters. The fourth-order valence-corrected chi connectivity index (χ4v) is 10.5. The molecule has 0 bridgehead atoms. The van der Waals surface area contributed by atoms with E-state index in [-0.39, 0.29) is 0 Å². The summed E-state index contributed by atoms with van der Waals surface area (Å²) in [5.74, 6) is 3.23. The van der Waals surface area contributed by atoms with Crippen LogP contribution in [0, 0.1) is 22.7 Å². The van der Waals surface area contributed by atoms with E-state index in [9.17, 15) is 10.5 Å². The normalized spacial score (nSPS) is 11.8. The van der Waals surface area contributed by atoms with Crippen molar-refractivity contribution in [3.8, 4) is 35.1 Å². The molecule has 0 unspecified atom stereocenters. The minimum Gasteiger partial charge on any atom is -0.494 e. The highest BCUT2D eigenvalue weighted by atomic mass is 16.5. The van der Waals surface area contributed by atoms with E-state index in [1.54, 1.807) is 0 Å². The van der Waals surface area contributed by atoms with E-state index in [1.165, 1.54) is 116 Å². The van der Waals surface area contributed by atoms with Crippen LogP contribution in [-0.4, -0.2) is 26.4 Å². The highest BCUT2D eigenvalue weighted by Gasteiger charge is 2.17. The summed E-state index contributed by atoms with van der Waals surface area (Å²) in [7, 11) is 0. The quantitative estimate of drug-likeness (QED) is 0.0217. The first-order chi connectivity index (χ1) is 38.5. The van der Waals surface area contributed by atoms with Crippen LogP contribution in [0.4, 0.5) is 0 Å². The van der Waals surface area contributed by atoms with Crippen LogP contribution in [0.5, 0.6) is 23.0 Å². The second-order valence-electron chi connectivity index (χ2n) is 21.7. The van der Waals surface area contributed by atoms with Crippen molar-refractivity contribution in [1.29, 1.82) is 10.5 Å². The van der Waals surface area contributed by atoms with Crippen LogP contribution in [0.2, 0.25) is 0 Å². The topological polar surface area (TPSA) is 84.5 Å². The number of ether oxygens (including phenoxy) is 4. The van der Waals surface area contributed by atoms with Gasteiger partial charge < -0.3 is 18.9 Å². The van der Waals surface area contributed by atoms with Gasteiger partial charge in [-0.05, 0) is 119 Å². The minimum atomic E-state index is 0.558. The molecule has 416 valence electrons. The highest BCUT2D eigenvalue weighted by Crippen LogP contribution is 2.41. The van der Waals surface area contributed by atoms with Gasteiger partial charge in [-0.15, -0.1) is 0 Å². The number of unbranched alkanes of at least 4 members (excludes halogenated alkanes) is 24. The van der Waals surface area contributed by atoms with Crippen molar-refractivity contribution in [3.05, 3.63) is 119 Å². The predicted molar refractivity (Wildman–Crippen MR) is 333 cm³/mol. The number of fused-ring (bicyclic) bond motifs is 3. The van der Waals surface area contributed by atoms with Gasteiger partial charge in [-0.3, -0.25) is 0 Å². The molecule has 6 aromatic rings. The van der Waals surface area contributed by atoms with Gasteiger partial charge in [-0.1, -0.05) is 230 Å². The van der Waals surface area contributed by atoms with E-state index in [2.05, 4.69) is 113 Å². The Labute approximate surface area is 471 Å². The molecule has 0 amide bonds. The molecule has 0 N–H and O–H groups in total. The first-order valence-electron chi connectivity index (χ1n) is 30.9. The fourth-order valence-electron chi connectivity index (χ4n) is 10.5. The summed E-state index contributed by atoms with van der Waals surface area (Å²) in [6.45, 7) is 11.6. The van der Waals surface area contributed by atoms with E-state index in [4.69, 9.17) is 18.9 Å². The van der Waals surface area contributed by atoms with Crippen molar-refractivity contribution in [1.82, 2.24) is 0 Å². The summed E-state index contributed by atoms with van der Waals surface area (Å²) >= 11 is 0. The first kappa shape index (κ1) is 61.0. The summed E-state index contributed by atoms with van der Waals surface area (Å²) in [4.78, 5) is 0. The van der Waals surface area contributed by atoms with Crippen LogP contribution in [0.25, 0.3) is 55.6 Å². The second-order valence-corrected chi connectivity index (χ2v) is 21.7. The Hall–Kier alpha value is -6.24. The molecular weight excluding hydrogens is 957 g/mol. The smallest absolute Gasteiger partial charge is 0.134 e. The molecule has 0 saturated heterocycles. The number of allylic oxidation sites excluding steroid dienone is 2. The third-order valence-corrected chi connectivity index (χ3v) is 15.3.